The van der Waals surface area contributed by atoms with E-state index < -0.39 is 0 Å². The van der Waals surface area contributed by atoms with Crippen LogP contribution in [0.2, 0.25) is 0 Å². The van der Waals surface area contributed by atoms with Crippen LogP contribution in [0.1, 0.15) is 0 Å². The Morgan fingerprint density at radius 1 is 0.548 bits per heavy atom. The molecule has 1 aliphatic rings. The average Bonchev–Trinajstić information content (AvgIpc) is 2.79. The van der Waals surface area contributed by atoms with Gasteiger partial charge >= 0.3 is 0 Å². The maximum atomic E-state index is 4.68. The van der Waals surface area contributed by atoms with E-state index >= 15 is 0 Å². The SMILES string of the molecule is [Ni].[S-]c1nccnc1[S-].[S-]c1nccnc1[S-].c1cc[n+]2c(c1)-c1cccc[n+]1CC2. The van der Waals surface area contributed by atoms with Crippen molar-refractivity contribution in [2.45, 2.75) is 33.2 Å². The molecule has 0 unspecified atom stereocenters. The predicted molar refractivity (Wildman–Crippen MR) is 119 cm³/mol. The van der Waals surface area contributed by atoms with Gasteiger partial charge in [-0.05, 0) is 12.1 Å². The fourth-order valence-corrected chi connectivity index (χ4v) is 3.10. The third kappa shape index (κ3) is 7.19. The third-order valence-electron chi connectivity index (χ3n) is 3.99. The fraction of sp³-hybridized carbons (Fsp3) is 0.100. The van der Waals surface area contributed by atoms with Crippen molar-refractivity contribution in [3.8, 4) is 11.4 Å². The summed E-state index contributed by atoms with van der Waals surface area (Å²) in [5, 5.41) is 1.62. The van der Waals surface area contributed by atoms with Gasteiger partial charge < -0.3 is 50.5 Å². The summed E-state index contributed by atoms with van der Waals surface area (Å²) in [4.78, 5) is 14.9. The minimum Gasteiger partial charge on any atom is -0.760 e. The van der Waals surface area contributed by atoms with Crippen LogP contribution in [0.5, 0.6) is 0 Å². The summed E-state index contributed by atoms with van der Waals surface area (Å²) in [5.41, 5.74) is 2.61. The Labute approximate surface area is 213 Å². The Kier molecular flexibility index (Phi) is 10.2. The van der Waals surface area contributed by atoms with E-state index in [1.165, 1.54) is 36.2 Å². The maximum Gasteiger partial charge on any atom is 0.277 e. The average molecular weight is 527 g/mol. The quantitative estimate of drug-likeness (QED) is 0.194. The van der Waals surface area contributed by atoms with E-state index in [2.05, 4.69) is 128 Å². The summed E-state index contributed by atoms with van der Waals surface area (Å²) in [6.45, 7) is 2.13. The van der Waals surface area contributed by atoms with E-state index in [0.717, 1.165) is 13.1 Å². The molecular weight excluding hydrogens is 511 g/mol. The molecule has 4 aromatic rings. The molecule has 11 heteroatoms. The molecule has 4 aromatic heterocycles. The van der Waals surface area contributed by atoms with Gasteiger partial charge in [0, 0.05) is 65.5 Å². The Balaban J connectivity index is 0.000000175. The summed E-state index contributed by atoms with van der Waals surface area (Å²) in [6.07, 6.45) is 10.4. The van der Waals surface area contributed by atoms with Crippen LogP contribution in [0.4, 0.5) is 0 Å². The standard InChI is InChI=1S/C12H12N2.2C4H4N2S2.Ni/c1-3-7-13-9-10-14-8-4-2-6-12(14)11(13)5-1;2*7-3-4(8)6-2-1-5-3;/h1-8H,9-10H2;2*1-2H,(H,5,7)(H,6,8);/q+2;;;/p-4. The molecule has 0 atom stereocenters. The van der Waals surface area contributed by atoms with Gasteiger partial charge in [0.15, 0.2) is 12.4 Å². The molecule has 1 aliphatic heterocycles. The number of pyridine rings is 2. The smallest absolute Gasteiger partial charge is 0.277 e. The zero-order valence-electron chi connectivity index (χ0n) is 16.0. The van der Waals surface area contributed by atoms with Gasteiger partial charge in [-0.2, -0.15) is 9.13 Å². The maximum absolute atomic E-state index is 4.68. The number of hydrogen-bond acceptors (Lipinski definition) is 8. The first-order chi connectivity index (χ1) is 14.6. The van der Waals surface area contributed by atoms with Gasteiger partial charge in [-0.1, -0.05) is 20.1 Å². The minimum absolute atomic E-state index is 0. The molecule has 0 spiro atoms. The zero-order chi connectivity index (χ0) is 21.3. The summed E-state index contributed by atoms with van der Waals surface area (Å²) in [7, 11) is 0. The Bertz CT molecular complexity index is 1000. The third-order valence-corrected chi connectivity index (χ3v) is 5.45. The Hall–Kier alpha value is -2.17. The summed E-state index contributed by atoms with van der Waals surface area (Å²) in [6, 6.07) is 12.7. The molecule has 0 aromatic carbocycles. The van der Waals surface area contributed by atoms with E-state index in [1.807, 2.05) is 0 Å². The second-order valence-electron chi connectivity index (χ2n) is 5.89. The van der Waals surface area contributed by atoms with Crippen LogP contribution in [0, 0.1) is 0 Å². The summed E-state index contributed by atoms with van der Waals surface area (Å²) < 4.78 is 4.60. The monoisotopic (exact) mass is 526 g/mol. The molecule has 0 amide bonds. The van der Waals surface area contributed by atoms with Gasteiger partial charge in [-0.25, -0.2) is 0 Å². The van der Waals surface area contributed by atoms with E-state index in [1.54, 1.807) is 0 Å². The molecule has 31 heavy (non-hydrogen) atoms. The molecular formula is C20H16N6NiS4-2. The Morgan fingerprint density at radius 2 is 0.871 bits per heavy atom. The summed E-state index contributed by atoms with van der Waals surface area (Å²) >= 11 is 18.7. The summed E-state index contributed by atoms with van der Waals surface area (Å²) in [5.74, 6) is 0. The van der Waals surface area contributed by atoms with Gasteiger partial charge in [0.25, 0.3) is 11.4 Å². The van der Waals surface area contributed by atoms with E-state index in [-0.39, 0.29) is 16.5 Å². The number of rotatable bonds is 0. The van der Waals surface area contributed by atoms with Crippen molar-refractivity contribution in [3.63, 3.8) is 0 Å². The van der Waals surface area contributed by atoms with Gasteiger partial charge in [0.2, 0.25) is 13.1 Å². The van der Waals surface area contributed by atoms with Crippen molar-refractivity contribution in [1.82, 2.24) is 19.9 Å². The van der Waals surface area contributed by atoms with Gasteiger partial charge in [0.05, 0.1) is 0 Å². The number of fused-ring (bicyclic) bond motifs is 3. The first-order valence-electron chi connectivity index (χ1n) is 8.83. The first-order valence-corrected chi connectivity index (χ1v) is 10.5. The molecule has 0 radical (unpaired) electrons. The number of aromatic nitrogens is 6. The molecule has 0 saturated carbocycles. The van der Waals surface area contributed by atoms with Crippen LogP contribution in [0.3, 0.4) is 0 Å². The molecule has 5 rings (SSSR count). The minimum atomic E-state index is 0. The van der Waals surface area contributed by atoms with E-state index in [0.29, 0.717) is 20.1 Å². The largest absolute Gasteiger partial charge is 0.760 e. The van der Waals surface area contributed by atoms with Crippen molar-refractivity contribution in [2.75, 3.05) is 0 Å². The van der Waals surface area contributed by atoms with Crippen molar-refractivity contribution in [2.24, 2.45) is 0 Å². The number of hydrogen-bond donors (Lipinski definition) is 0. The van der Waals surface area contributed by atoms with Gasteiger partial charge in [-0.3, -0.25) is 19.9 Å². The normalized spacial score (nSPS) is 10.6. The molecule has 0 N–H and O–H groups in total. The molecule has 6 nitrogen and oxygen atoms in total. The van der Waals surface area contributed by atoms with Gasteiger partial charge in [-0.15, -0.1) is 0 Å². The molecule has 0 aliphatic carbocycles. The first kappa shape index (κ1) is 25.1. The van der Waals surface area contributed by atoms with Crippen molar-refractivity contribution in [3.05, 3.63) is 73.6 Å². The van der Waals surface area contributed by atoms with Crippen LogP contribution >= 0.6 is 0 Å². The molecule has 0 bridgehead atoms. The van der Waals surface area contributed by atoms with Crippen LogP contribution in [0.15, 0.2) is 93.7 Å². The van der Waals surface area contributed by atoms with Crippen LogP contribution in [-0.2, 0) is 80.1 Å². The van der Waals surface area contributed by atoms with E-state index in [4.69, 9.17) is 0 Å². The predicted octanol–water partition coefficient (Wildman–Crippen LogP) is 1.52. The molecule has 0 fully saturated rings. The zero-order valence-corrected chi connectivity index (χ0v) is 20.2. The second-order valence-corrected chi connectivity index (χ2v) is 7.44. The number of nitrogens with zero attached hydrogens (tertiary/aromatic N) is 6. The molecule has 162 valence electrons. The van der Waals surface area contributed by atoms with Gasteiger partial charge in [0.1, 0.15) is 0 Å². The van der Waals surface area contributed by atoms with Crippen molar-refractivity contribution < 1.29 is 25.6 Å². The Morgan fingerprint density at radius 3 is 1.16 bits per heavy atom. The second kappa shape index (κ2) is 12.6. The van der Waals surface area contributed by atoms with E-state index in [9.17, 15) is 0 Å². The molecule has 0 saturated heterocycles. The fourth-order valence-electron chi connectivity index (χ4n) is 2.65. The van der Waals surface area contributed by atoms with Crippen molar-refractivity contribution in [1.29, 1.82) is 0 Å². The molecule has 5 heterocycles. The van der Waals surface area contributed by atoms with Crippen LogP contribution in [-0.4, -0.2) is 19.9 Å². The van der Waals surface area contributed by atoms with Crippen LogP contribution < -0.4 is 9.13 Å². The van der Waals surface area contributed by atoms with Crippen LogP contribution in [0.25, 0.3) is 11.4 Å². The topological polar surface area (TPSA) is 59.3 Å². The van der Waals surface area contributed by atoms with Crippen molar-refractivity contribution >= 4 is 50.5 Å². The number of aryl methyl sites for hydroxylation is 2.